The van der Waals surface area contributed by atoms with Crippen LogP contribution in [0.3, 0.4) is 0 Å². The van der Waals surface area contributed by atoms with Gasteiger partial charge in [0.05, 0.1) is 0 Å². The third-order valence-electron chi connectivity index (χ3n) is 3.28. The summed E-state index contributed by atoms with van der Waals surface area (Å²) in [6.45, 7) is 8.63. The number of nitrogens with one attached hydrogen (secondary N) is 1. The number of carbonyl (C=O) groups excluding carboxylic acids is 2. The van der Waals surface area contributed by atoms with Crippen LogP contribution < -0.4 is 5.32 Å². The molecular formula is C16H32N2O2. The third-order valence-corrected chi connectivity index (χ3v) is 3.28. The molecule has 0 saturated carbocycles. The summed E-state index contributed by atoms with van der Waals surface area (Å²) in [6.07, 6.45) is 7.10. The number of nitrogens with zero attached hydrogens (tertiary/aromatic N) is 1. The van der Waals surface area contributed by atoms with Crippen molar-refractivity contribution in [1.29, 1.82) is 0 Å². The smallest absolute Gasteiger partial charge is 0.222 e. The van der Waals surface area contributed by atoms with Gasteiger partial charge in [0.2, 0.25) is 11.8 Å². The van der Waals surface area contributed by atoms with Crippen molar-refractivity contribution in [3.05, 3.63) is 0 Å². The summed E-state index contributed by atoms with van der Waals surface area (Å²) >= 11 is 0. The molecule has 4 nitrogen and oxygen atoms in total. The molecule has 0 radical (unpaired) electrons. The van der Waals surface area contributed by atoms with Gasteiger partial charge in [0.1, 0.15) is 0 Å². The zero-order chi connectivity index (χ0) is 15.2. The van der Waals surface area contributed by atoms with Crippen LogP contribution in [0, 0.1) is 0 Å². The SMILES string of the molecule is CCCCN(CCCC)C(=O)CCCNC(=O)CCC. The fourth-order valence-electron chi connectivity index (χ4n) is 2.00. The van der Waals surface area contributed by atoms with Crippen LogP contribution in [0.1, 0.15) is 72.1 Å². The zero-order valence-electron chi connectivity index (χ0n) is 13.5. The highest BCUT2D eigenvalue weighted by molar-refractivity contribution is 5.77. The van der Waals surface area contributed by atoms with Crippen molar-refractivity contribution in [3.63, 3.8) is 0 Å². The monoisotopic (exact) mass is 284 g/mol. The Labute approximate surface area is 124 Å². The average molecular weight is 284 g/mol. The molecule has 0 aliphatic rings. The first-order chi connectivity index (χ1) is 9.65. The van der Waals surface area contributed by atoms with Crippen LogP contribution in [0.25, 0.3) is 0 Å². The van der Waals surface area contributed by atoms with Crippen LogP contribution in [0.15, 0.2) is 0 Å². The number of hydrogen-bond acceptors (Lipinski definition) is 2. The Kier molecular flexibility index (Phi) is 12.3. The van der Waals surface area contributed by atoms with E-state index in [9.17, 15) is 9.59 Å². The second kappa shape index (κ2) is 12.9. The fraction of sp³-hybridized carbons (Fsp3) is 0.875. The molecule has 118 valence electrons. The van der Waals surface area contributed by atoms with Gasteiger partial charge in [-0.3, -0.25) is 9.59 Å². The van der Waals surface area contributed by atoms with Gasteiger partial charge in [0.25, 0.3) is 0 Å². The number of rotatable bonds is 12. The number of amides is 2. The van der Waals surface area contributed by atoms with Gasteiger partial charge in [0, 0.05) is 32.5 Å². The minimum absolute atomic E-state index is 0.0915. The summed E-state index contributed by atoms with van der Waals surface area (Å²) in [5, 5.41) is 2.85. The lowest BCUT2D eigenvalue weighted by molar-refractivity contribution is -0.131. The second-order valence-electron chi connectivity index (χ2n) is 5.29. The van der Waals surface area contributed by atoms with Gasteiger partial charge in [-0.15, -0.1) is 0 Å². The van der Waals surface area contributed by atoms with Crippen LogP contribution in [-0.2, 0) is 9.59 Å². The van der Waals surface area contributed by atoms with E-state index in [0.717, 1.165) is 51.6 Å². The molecule has 0 aliphatic heterocycles. The van der Waals surface area contributed by atoms with Crippen LogP contribution in [0.2, 0.25) is 0 Å². The Bertz CT molecular complexity index is 259. The molecule has 0 bridgehead atoms. The molecule has 0 atom stereocenters. The molecule has 0 aromatic rings. The Balaban J connectivity index is 3.90. The molecule has 1 N–H and O–H groups in total. The lowest BCUT2D eigenvalue weighted by Crippen LogP contribution is -2.33. The largest absolute Gasteiger partial charge is 0.356 e. The first kappa shape index (κ1) is 18.9. The molecule has 0 aromatic carbocycles. The van der Waals surface area contributed by atoms with E-state index in [4.69, 9.17) is 0 Å². The molecule has 0 saturated heterocycles. The van der Waals surface area contributed by atoms with E-state index in [2.05, 4.69) is 19.2 Å². The quantitative estimate of drug-likeness (QED) is 0.560. The van der Waals surface area contributed by atoms with Crippen LogP contribution in [0.4, 0.5) is 0 Å². The first-order valence-electron chi connectivity index (χ1n) is 8.20. The van der Waals surface area contributed by atoms with Crippen LogP contribution >= 0.6 is 0 Å². The molecule has 0 unspecified atom stereocenters. The van der Waals surface area contributed by atoms with E-state index in [1.165, 1.54) is 0 Å². The second-order valence-corrected chi connectivity index (χ2v) is 5.29. The van der Waals surface area contributed by atoms with Gasteiger partial charge < -0.3 is 10.2 Å². The maximum Gasteiger partial charge on any atom is 0.222 e. The van der Waals surface area contributed by atoms with E-state index in [1.54, 1.807) is 0 Å². The lowest BCUT2D eigenvalue weighted by atomic mass is 10.2. The van der Waals surface area contributed by atoms with Gasteiger partial charge in [0.15, 0.2) is 0 Å². The molecule has 0 rings (SSSR count). The van der Waals surface area contributed by atoms with Crippen molar-refractivity contribution in [3.8, 4) is 0 Å². The highest BCUT2D eigenvalue weighted by atomic mass is 16.2. The lowest BCUT2D eigenvalue weighted by Gasteiger charge is -2.22. The molecule has 0 heterocycles. The summed E-state index contributed by atoms with van der Waals surface area (Å²) in [7, 11) is 0. The standard InChI is InChI=1S/C16H32N2O2/c1-4-7-13-18(14-8-5-2)16(20)11-9-12-17-15(19)10-6-3/h4-14H2,1-3H3,(H,17,19). The van der Waals surface area contributed by atoms with Crippen molar-refractivity contribution in [2.45, 2.75) is 72.1 Å². The van der Waals surface area contributed by atoms with E-state index in [0.29, 0.717) is 19.4 Å². The van der Waals surface area contributed by atoms with Gasteiger partial charge in [-0.25, -0.2) is 0 Å². The molecule has 2 amide bonds. The number of unbranched alkanes of at least 4 members (excludes halogenated alkanes) is 2. The summed E-state index contributed by atoms with van der Waals surface area (Å²) in [4.78, 5) is 25.4. The van der Waals surface area contributed by atoms with E-state index in [1.807, 2.05) is 11.8 Å². The number of hydrogen-bond donors (Lipinski definition) is 1. The normalized spacial score (nSPS) is 10.3. The molecule has 0 spiro atoms. The zero-order valence-corrected chi connectivity index (χ0v) is 13.5. The third kappa shape index (κ3) is 9.82. The van der Waals surface area contributed by atoms with Gasteiger partial charge in [-0.2, -0.15) is 0 Å². The Hall–Kier alpha value is -1.06. The van der Waals surface area contributed by atoms with Crippen molar-refractivity contribution < 1.29 is 9.59 Å². The fourth-order valence-corrected chi connectivity index (χ4v) is 2.00. The molecular weight excluding hydrogens is 252 g/mol. The average Bonchev–Trinajstić information content (AvgIpc) is 2.44. The summed E-state index contributed by atoms with van der Waals surface area (Å²) in [5.41, 5.74) is 0. The van der Waals surface area contributed by atoms with Crippen molar-refractivity contribution in [2.75, 3.05) is 19.6 Å². The Morgan fingerprint density at radius 1 is 0.850 bits per heavy atom. The minimum atomic E-state index is 0.0915. The number of carbonyl (C=O) groups is 2. The van der Waals surface area contributed by atoms with Crippen molar-refractivity contribution in [1.82, 2.24) is 10.2 Å². The minimum Gasteiger partial charge on any atom is -0.356 e. The maximum atomic E-state index is 12.1. The van der Waals surface area contributed by atoms with Crippen LogP contribution in [0.5, 0.6) is 0 Å². The highest BCUT2D eigenvalue weighted by Crippen LogP contribution is 2.03. The van der Waals surface area contributed by atoms with Crippen molar-refractivity contribution in [2.24, 2.45) is 0 Å². The molecule has 0 aromatic heterocycles. The van der Waals surface area contributed by atoms with E-state index >= 15 is 0 Å². The van der Waals surface area contributed by atoms with Crippen LogP contribution in [-0.4, -0.2) is 36.3 Å². The van der Waals surface area contributed by atoms with Crippen molar-refractivity contribution >= 4 is 11.8 Å². The van der Waals surface area contributed by atoms with E-state index in [-0.39, 0.29) is 11.8 Å². The first-order valence-corrected chi connectivity index (χ1v) is 8.20. The molecule has 20 heavy (non-hydrogen) atoms. The summed E-state index contributed by atoms with van der Waals surface area (Å²) < 4.78 is 0. The Morgan fingerprint density at radius 3 is 1.95 bits per heavy atom. The van der Waals surface area contributed by atoms with E-state index < -0.39 is 0 Å². The molecule has 4 heteroatoms. The van der Waals surface area contributed by atoms with Gasteiger partial charge in [-0.05, 0) is 25.7 Å². The predicted octanol–water partition coefficient (Wildman–Crippen LogP) is 3.11. The predicted molar refractivity (Wildman–Crippen MR) is 83.5 cm³/mol. The molecule has 0 aliphatic carbocycles. The van der Waals surface area contributed by atoms with Gasteiger partial charge >= 0.3 is 0 Å². The summed E-state index contributed by atoms with van der Waals surface area (Å²) in [6, 6.07) is 0. The highest BCUT2D eigenvalue weighted by Gasteiger charge is 2.12. The maximum absolute atomic E-state index is 12.1. The van der Waals surface area contributed by atoms with Gasteiger partial charge in [-0.1, -0.05) is 33.6 Å². The Morgan fingerprint density at radius 2 is 1.45 bits per heavy atom. The summed E-state index contributed by atoms with van der Waals surface area (Å²) in [5.74, 6) is 0.324. The topological polar surface area (TPSA) is 49.4 Å². The molecule has 0 fully saturated rings.